The van der Waals surface area contributed by atoms with E-state index in [1.165, 1.54) is 12.8 Å². The summed E-state index contributed by atoms with van der Waals surface area (Å²) in [4.78, 5) is 0. The number of allylic oxidation sites excluding steroid dienone is 4. The lowest BCUT2D eigenvalue weighted by molar-refractivity contribution is 0.559. The SMILES string of the molecule is CC(N)=C(C#N)C1=CCCCC1C. The third-order valence-electron chi connectivity index (χ3n) is 2.53. The van der Waals surface area contributed by atoms with Crippen molar-refractivity contribution in [3.05, 3.63) is 22.9 Å². The fraction of sp³-hybridized carbons (Fsp3) is 0.545. The zero-order chi connectivity index (χ0) is 9.84. The molecular formula is C11H16N2. The van der Waals surface area contributed by atoms with Crippen LogP contribution >= 0.6 is 0 Å². The second-order valence-corrected chi connectivity index (χ2v) is 3.66. The summed E-state index contributed by atoms with van der Waals surface area (Å²) < 4.78 is 0. The monoisotopic (exact) mass is 176 g/mol. The maximum atomic E-state index is 8.94. The molecular weight excluding hydrogens is 160 g/mol. The van der Waals surface area contributed by atoms with Crippen molar-refractivity contribution in [3.63, 3.8) is 0 Å². The smallest absolute Gasteiger partial charge is 0.101 e. The van der Waals surface area contributed by atoms with Crippen LogP contribution in [0.25, 0.3) is 0 Å². The Balaban J connectivity index is 3.00. The minimum Gasteiger partial charge on any atom is -0.401 e. The van der Waals surface area contributed by atoms with Crippen LogP contribution in [0.1, 0.15) is 33.1 Å². The van der Waals surface area contributed by atoms with E-state index >= 15 is 0 Å². The molecule has 2 nitrogen and oxygen atoms in total. The first-order valence-corrected chi connectivity index (χ1v) is 4.73. The van der Waals surface area contributed by atoms with E-state index in [-0.39, 0.29) is 0 Å². The highest BCUT2D eigenvalue weighted by Gasteiger charge is 2.17. The lowest BCUT2D eigenvalue weighted by atomic mass is 9.84. The maximum Gasteiger partial charge on any atom is 0.101 e. The number of hydrogen-bond acceptors (Lipinski definition) is 2. The Morgan fingerprint density at radius 3 is 2.85 bits per heavy atom. The molecule has 1 rings (SSSR count). The molecule has 70 valence electrons. The molecule has 0 amide bonds. The van der Waals surface area contributed by atoms with Crippen LogP contribution in [0, 0.1) is 17.2 Å². The summed E-state index contributed by atoms with van der Waals surface area (Å²) in [6.07, 6.45) is 5.64. The fourth-order valence-electron chi connectivity index (χ4n) is 1.77. The number of hydrogen-bond donors (Lipinski definition) is 1. The molecule has 2 heteroatoms. The van der Waals surface area contributed by atoms with E-state index in [1.807, 2.05) is 0 Å². The first-order valence-electron chi connectivity index (χ1n) is 4.73. The third-order valence-corrected chi connectivity index (χ3v) is 2.53. The zero-order valence-electron chi connectivity index (χ0n) is 8.30. The van der Waals surface area contributed by atoms with Crippen molar-refractivity contribution in [3.8, 4) is 6.07 Å². The van der Waals surface area contributed by atoms with Crippen LogP contribution in [-0.4, -0.2) is 0 Å². The molecule has 1 aliphatic carbocycles. The molecule has 0 saturated heterocycles. The van der Waals surface area contributed by atoms with Crippen molar-refractivity contribution in [1.29, 1.82) is 5.26 Å². The Labute approximate surface area is 79.7 Å². The van der Waals surface area contributed by atoms with Gasteiger partial charge in [0.2, 0.25) is 0 Å². The van der Waals surface area contributed by atoms with Crippen molar-refractivity contribution in [2.24, 2.45) is 11.7 Å². The average molecular weight is 176 g/mol. The number of nitrogens with two attached hydrogens (primary N) is 1. The second kappa shape index (κ2) is 4.13. The largest absolute Gasteiger partial charge is 0.401 e. The van der Waals surface area contributed by atoms with Crippen molar-refractivity contribution in [2.45, 2.75) is 33.1 Å². The summed E-state index contributed by atoms with van der Waals surface area (Å²) in [7, 11) is 0. The highest BCUT2D eigenvalue weighted by molar-refractivity contribution is 5.45. The van der Waals surface area contributed by atoms with Gasteiger partial charge in [-0.15, -0.1) is 0 Å². The molecule has 0 heterocycles. The molecule has 0 aromatic carbocycles. The van der Waals surface area contributed by atoms with Gasteiger partial charge in [-0.25, -0.2) is 0 Å². The van der Waals surface area contributed by atoms with Gasteiger partial charge in [0.15, 0.2) is 0 Å². The summed E-state index contributed by atoms with van der Waals surface area (Å²) in [6.45, 7) is 3.95. The van der Waals surface area contributed by atoms with Gasteiger partial charge in [0.05, 0.1) is 5.57 Å². The van der Waals surface area contributed by atoms with Crippen LogP contribution in [0.5, 0.6) is 0 Å². The zero-order valence-corrected chi connectivity index (χ0v) is 8.30. The molecule has 0 aromatic heterocycles. The molecule has 0 aliphatic heterocycles. The maximum absolute atomic E-state index is 8.94. The van der Waals surface area contributed by atoms with Gasteiger partial charge in [0.1, 0.15) is 6.07 Å². The van der Waals surface area contributed by atoms with Gasteiger partial charge in [0, 0.05) is 5.70 Å². The minimum absolute atomic E-state index is 0.488. The molecule has 0 radical (unpaired) electrons. The van der Waals surface area contributed by atoms with Gasteiger partial charge in [0.25, 0.3) is 0 Å². The molecule has 0 aromatic rings. The molecule has 1 aliphatic rings. The van der Waals surface area contributed by atoms with Crippen molar-refractivity contribution in [2.75, 3.05) is 0 Å². The lowest BCUT2D eigenvalue weighted by Crippen LogP contribution is -2.09. The summed E-state index contributed by atoms with van der Waals surface area (Å²) in [5.41, 5.74) is 8.13. The van der Waals surface area contributed by atoms with Crippen LogP contribution in [0.2, 0.25) is 0 Å². The molecule has 1 unspecified atom stereocenters. The summed E-state index contributed by atoms with van der Waals surface area (Å²) in [6, 6.07) is 2.19. The molecule has 0 fully saturated rings. The lowest BCUT2D eigenvalue weighted by Gasteiger charge is -2.20. The van der Waals surface area contributed by atoms with Gasteiger partial charge in [-0.3, -0.25) is 0 Å². The normalized spacial score (nSPS) is 24.4. The Morgan fingerprint density at radius 1 is 1.69 bits per heavy atom. The quantitative estimate of drug-likeness (QED) is 0.624. The van der Waals surface area contributed by atoms with Crippen molar-refractivity contribution in [1.82, 2.24) is 0 Å². The van der Waals surface area contributed by atoms with Crippen LogP contribution in [0.15, 0.2) is 22.9 Å². The van der Waals surface area contributed by atoms with Crippen LogP contribution < -0.4 is 5.73 Å². The van der Waals surface area contributed by atoms with E-state index in [0.29, 0.717) is 17.2 Å². The van der Waals surface area contributed by atoms with Crippen molar-refractivity contribution >= 4 is 0 Å². The molecule has 13 heavy (non-hydrogen) atoms. The fourth-order valence-corrected chi connectivity index (χ4v) is 1.77. The van der Waals surface area contributed by atoms with E-state index < -0.39 is 0 Å². The summed E-state index contributed by atoms with van der Waals surface area (Å²) >= 11 is 0. The van der Waals surface area contributed by atoms with E-state index in [2.05, 4.69) is 19.1 Å². The Morgan fingerprint density at radius 2 is 2.38 bits per heavy atom. The molecule has 0 saturated carbocycles. The van der Waals surface area contributed by atoms with E-state index in [9.17, 15) is 0 Å². The Hall–Kier alpha value is -1.23. The van der Waals surface area contributed by atoms with E-state index in [0.717, 1.165) is 12.0 Å². The standard InChI is InChI=1S/C11H16N2/c1-8-5-3-4-6-10(8)11(7-12)9(2)13/h6,8H,3-5,13H2,1-2H3. The van der Waals surface area contributed by atoms with E-state index in [4.69, 9.17) is 11.0 Å². The second-order valence-electron chi connectivity index (χ2n) is 3.66. The van der Waals surface area contributed by atoms with Gasteiger partial charge in [-0.05, 0) is 37.7 Å². The van der Waals surface area contributed by atoms with E-state index in [1.54, 1.807) is 6.92 Å². The predicted octanol–water partition coefficient (Wildman–Crippen LogP) is 2.49. The summed E-state index contributed by atoms with van der Waals surface area (Å²) in [5, 5.41) is 8.94. The molecule has 0 spiro atoms. The number of nitrogens with zero attached hydrogens (tertiary/aromatic N) is 1. The summed E-state index contributed by atoms with van der Waals surface area (Å²) in [5.74, 6) is 0.488. The first kappa shape index (κ1) is 9.85. The Bertz CT molecular complexity index is 288. The first-order chi connectivity index (χ1) is 6.16. The average Bonchev–Trinajstić information content (AvgIpc) is 2.09. The molecule has 0 bridgehead atoms. The Kier molecular flexibility index (Phi) is 3.13. The highest BCUT2D eigenvalue weighted by Crippen LogP contribution is 2.29. The van der Waals surface area contributed by atoms with Crippen LogP contribution in [0.4, 0.5) is 0 Å². The van der Waals surface area contributed by atoms with Gasteiger partial charge >= 0.3 is 0 Å². The predicted molar refractivity (Wildman–Crippen MR) is 53.6 cm³/mol. The van der Waals surface area contributed by atoms with Gasteiger partial charge in [-0.2, -0.15) is 5.26 Å². The van der Waals surface area contributed by atoms with Crippen molar-refractivity contribution < 1.29 is 0 Å². The topological polar surface area (TPSA) is 49.8 Å². The minimum atomic E-state index is 0.488. The molecule has 2 N–H and O–H groups in total. The van der Waals surface area contributed by atoms with Gasteiger partial charge in [-0.1, -0.05) is 13.0 Å². The van der Waals surface area contributed by atoms with Crippen LogP contribution in [-0.2, 0) is 0 Å². The van der Waals surface area contributed by atoms with Crippen LogP contribution in [0.3, 0.4) is 0 Å². The highest BCUT2D eigenvalue weighted by atomic mass is 14.6. The third kappa shape index (κ3) is 2.12. The number of rotatable bonds is 1. The number of nitriles is 1. The molecule has 1 atom stereocenters. The van der Waals surface area contributed by atoms with Gasteiger partial charge < -0.3 is 5.73 Å².